The third-order valence-corrected chi connectivity index (χ3v) is 6.10. The first-order valence-electron chi connectivity index (χ1n) is 10.1. The Morgan fingerprint density at radius 2 is 1.79 bits per heavy atom. The van der Waals surface area contributed by atoms with Gasteiger partial charge in [0, 0.05) is 14.3 Å². The summed E-state index contributed by atoms with van der Waals surface area (Å²) >= 11 is 10.4. The first kappa shape index (κ1) is 25.6. The number of nitrogens with one attached hydrogen (secondary N) is 2. The molecule has 172 valence electrons. The number of amides is 1. The highest BCUT2D eigenvalue weighted by Gasteiger charge is 2.12. The molecule has 0 fully saturated rings. The molecule has 0 saturated carbocycles. The topological polar surface area (TPSA) is 72.0 Å². The van der Waals surface area contributed by atoms with Crippen molar-refractivity contribution in [2.75, 3.05) is 18.5 Å². The van der Waals surface area contributed by atoms with Gasteiger partial charge in [0.05, 0.1) is 22.9 Å². The summed E-state index contributed by atoms with van der Waals surface area (Å²) in [5.74, 6) is 1.04. The van der Waals surface area contributed by atoms with Gasteiger partial charge in [-0.05, 0) is 112 Å². The lowest BCUT2D eigenvalue weighted by atomic mass is 10.2. The molecule has 0 bridgehead atoms. The minimum Gasteiger partial charge on any atom is -0.490 e. The van der Waals surface area contributed by atoms with Crippen LogP contribution in [0.15, 0.2) is 65.8 Å². The van der Waals surface area contributed by atoms with Gasteiger partial charge < -0.3 is 14.8 Å². The van der Waals surface area contributed by atoms with E-state index in [4.69, 9.17) is 21.1 Å². The molecule has 1 amide bonds. The maximum atomic E-state index is 12.1. The minimum absolute atomic E-state index is 0.122. The average molecular weight is 690 g/mol. The summed E-state index contributed by atoms with van der Waals surface area (Å²) in [7, 11) is 0. The summed E-state index contributed by atoms with van der Waals surface area (Å²) in [5.41, 5.74) is 5.19. The van der Waals surface area contributed by atoms with Crippen LogP contribution in [0.4, 0.5) is 5.69 Å². The molecule has 0 atom stereocenters. The summed E-state index contributed by atoms with van der Waals surface area (Å²) in [4.78, 5) is 12.1. The van der Waals surface area contributed by atoms with Crippen LogP contribution in [0.25, 0.3) is 0 Å². The van der Waals surface area contributed by atoms with Gasteiger partial charge in [0.15, 0.2) is 11.5 Å². The van der Waals surface area contributed by atoms with Crippen LogP contribution in [-0.4, -0.2) is 25.3 Å². The van der Waals surface area contributed by atoms with E-state index in [9.17, 15) is 4.79 Å². The lowest BCUT2D eigenvalue weighted by Gasteiger charge is -2.15. The van der Waals surface area contributed by atoms with Gasteiger partial charge in [-0.15, -0.1) is 0 Å². The standard InChI is InChI=1S/C24H22ClI2N3O3/c1-2-32-22-12-17(11-21(27)24(22)33-15-16-3-5-18(25)6-4-16)13-29-30-23(31)14-28-20-9-7-19(26)8-10-20/h3-13,28H,2,14-15H2,1H3,(H,30,31)/b29-13-. The maximum absolute atomic E-state index is 12.1. The number of nitrogens with zero attached hydrogens (tertiary/aromatic N) is 1. The van der Waals surface area contributed by atoms with E-state index in [1.807, 2.05) is 67.6 Å². The van der Waals surface area contributed by atoms with Gasteiger partial charge in [0.1, 0.15) is 6.61 Å². The zero-order valence-electron chi connectivity index (χ0n) is 17.8. The summed E-state index contributed by atoms with van der Waals surface area (Å²) < 4.78 is 13.8. The molecule has 0 aliphatic rings. The first-order chi connectivity index (χ1) is 15.9. The van der Waals surface area contributed by atoms with E-state index >= 15 is 0 Å². The van der Waals surface area contributed by atoms with E-state index in [1.54, 1.807) is 6.21 Å². The molecule has 0 heterocycles. The number of rotatable bonds is 10. The Labute approximate surface area is 225 Å². The number of benzene rings is 3. The van der Waals surface area contributed by atoms with Crippen LogP contribution in [0.1, 0.15) is 18.1 Å². The summed E-state index contributed by atoms with van der Waals surface area (Å²) in [6.45, 7) is 2.92. The molecule has 0 aromatic heterocycles. The van der Waals surface area contributed by atoms with Crippen LogP contribution in [0.2, 0.25) is 5.02 Å². The van der Waals surface area contributed by atoms with E-state index in [0.717, 1.165) is 24.0 Å². The molecule has 33 heavy (non-hydrogen) atoms. The molecule has 0 saturated heterocycles. The largest absolute Gasteiger partial charge is 0.490 e. The van der Waals surface area contributed by atoms with Crippen molar-refractivity contribution in [1.29, 1.82) is 0 Å². The second-order valence-electron chi connectivity index (χ2n) is 6.83. The molecular weight excluding hydrogens is 668 g/mol. The Bertz CT molecular complexity index is 1110. The van der Waals surface area contributed by atoms with Crippen molar-refractivity contribution in [2.45, 2.75) is 13.5 Å². The van der Waals surface area contributed by atoms with Crippen LogP contribution in [0.3, 0.4) is 0 Å². The van der Waals surface area contributed by atoms with Crippen molar-refractivity contribution < 1.29 is 14.3 Å². The van der Waals surface area contributed by atoms with Crippen LogP contribution in [0, 0.1) is 7.14 Å². The monoisotopic (exact) mass is 689 g/mol. The smallest absolute Gasteiger partial charge is 0.259 e. The van der Waals surface area contributed by atoms with Gasteiger partial charge in [-0.3, -0.25) is 4.79 Å². The van der Waals surface area contributed by atoms with Gasteiger partial charge in [-0.25, -0.2) is 5.43 Å². The third-order valence-electron chi connectivity index (χ3n) is 4.33. The van der Waals surface area contributed by atoms with Crippen molar-refractivity contribution in [2.24, 2.45) is 5.10 Å². The molecule has 0 unspecified atom stereocenters. The molecule has 0 aliphatic carbocycles. The van der Waals surface area contributed by atoms with Crippen molar-refractivity contribution in [3.05, 3.63) is 84.0 Å². The van der Waals surface area contributed by atoms with Crippen molar-refractivity contribution in [3.63, 3.8) is 0 Å². The number of carbonyl (C=O) groups excluding carboxylic acids is 1. The quantitative estimate of drug-likeness (QED) is 0.154. The highest BCUT2D eigenvalue weighted by molar-refractivity contribution is 14.1. The lowest BCUT2D eigenvalue weighted by Crippen LogP contribution is -2.25. The summed E-state index contributed by atoms with van der Waals surface area (Å²) in [5, 5.41) is 7.81. The second kappa shape index (κ2) is 13.0. The van der Waals surface area contributed by atoms with Crippen molar-refractivity contribution >= 4 is 74.6 Å². The number of hydrogen-bond donors (Lipinski definition) is 2. The van der Waals surface area contributed by atoms with E-state index in [1.165, 1.54) is 0 Å². The highest BCUT2D eigenvalue weighted by atomic mass is 127. The zero-order valence-corrected chi connectivity index (χ0v) is 22.8. The average Bonchev–Trinajstić information content (AvgIpc) is 2.79. The molecule has 0 radical (unpaired) electrons. The number of hydrazone groups is 1. The number of hydrogen-bond acceptors (Lipinski definition) is 5. The Balaban J connectivity index is 1.60. The van der Waals surface area contributed by atoms with Gasteiger partial charge in [0.2, 0.25) is 0 Å². The van der Waals surface area contributed by atoms with E-state index < -0.39 is 0 Å². The first-order valence-corrected chi connectivity index (χ1v) is 12.6. The third kappa shape index (κ3) is 8.35. The van der Waals surface area contributed by atoms with Gasteiger partial charge in [-0.1, -0.05) is 23.7 Å². The van der Waals surface area contributed by atoms with E-state index in [0.29, 0.717) is 29.7 Å². The maximum Gasteiger partial charge on any atom is 0.259 e. The molecular formula is C24H22ClI2N3O3. The molecule has 0 aliphatic heterocycles. The van der Waals surface area contributed by atoms with Crippen molar-refractivity contribution in [3.8, 4) is 11.5 Å². The van der Waals surface area contributed by atoms with Crippen LogP contribution in [-0.2, 0) is 11.4 Å². The SMILES string of the molecule is CCOc1cc(/C=N\NC(=O)CNc2ccc(I)cc2)cc(I)c1OCc1ccc(Cl)cc1. The second-order valence-corrected chi connectivity index (χ2v) is 9.68. The summed E-state index contributed by atoms with van der Waals surface area (Å²) in [6, 6.07) is 19.1. The van der Waals surface area contributed by atoms with Gasteiger partial charge in [-0.2, -0.15) is 5.10 Å². The fourth-order valence-electron chi connectivity index (χ4n) is 2.77. The Morgan fingerprint density at radius 1 is 1.06 bits per heavy atom. The molecule has 6 nitrogen and oxygen atoms in total. The predicted octanol–water partition coefficient (Wildman–Crippen LogP) is 6.09. The predicted molar refractivity (Wildman–Crippen MR) is 149 cm³/mol. The van der Waals surface area contributed by atoms with E-state index in [-0.39, 0.29) is 12.5 Å². The van der Waals surface area contributed by atoms with E-state index in [2.05, 4.69) is 61.0 Å². The summed E-state index contributed by atoms with van der Waals surface area (Å²) in [6.07, 6.45) is 1.58. The molecule has 3 aromatic carbocycles. The Hall–Kier alpha value is -2.05. The molecule has 3 rings (SSSR count). The normalized spacial score (nSPS) is 10.8. The molecule has 0 spiro atoms. The number of carbonyl (C=O) groups is 1. The zero-order chi connectivity index (χ0) is 23.6. The number of halogens is 3. The van der Waals surface area contributed by atoms with Gasteiger partial charge >= 0.3 is 0 Å². The Morgan fingerprint density at radius 3 is 2.48 bits per heavy atom. The molecule has 2 N–H and O–H groups in total. The Kier molecular flexibility index (Phi) is 10.1. The molecule has 3 aromatic rings. The fraction of sp³-hybridized carbons (Fsp3) is 0.167. The highest BCUT2D eigenvalue weighted by Crippen LogP contribution is 2.34. The van der Waals surface area contributed by atoms with Crippen LogP contribution in [0.5, 0.6) is 11.5 Å². The van der Waals surface area contributed by atoms with Crippen LogP contribution >= 0.6 is 56.8 Å². The van der Waals surface area contributed by atoms with Gasteiger partial charge in [0.25, 0.3) is 5.91 Å². The molecule has 9 heteroatoms. The number of ether oxygens (including phenoxy) is 2. The lowest BCUT2D eigenvalue weighted by molar-refractivity contribution is -0.119. The van der Waals surface area contributed by atoms with Crippen molar-refractivity contribution in [1.82, 2.24) is 5.43 Å². The van der Waals surface area contributed by atoms with Crippen LogP contribution < -0.4 is 20.2 Å². The minimum atomic E-state index is -0.243. The fourth-order valence-corrected chi connectivity index (χ4v) is 4.04. The number of anilines is 1.